The molecule has 4 atom stereocenters. The average molecular weight is 226 g/mol. The van der Waals surface area contributed by atoms with Crippen molar-refractivity contribution in [3.05, 3.63) is 0 Å². The third kappa shape index (κ3) is 2.60. The van der Waals surface area contributed by atoms with Crippen LogP contribution in [0.15, 0.2) is 0 Å². The second kappa shape index (κ2) is 4.66. The highest BCUT2D eigenvalue weighted by Crippen LogP contribution is 2.50. The van der Waals surface area contributed by atoms with E-state index in [0.717, 1.165) is 24.7 Å². The number of rotatable bonds is 5. The summed E-state index contributed by atoms with van der Waals surface area (Å²) in [7, 11) is 1.75. The van der Waals surface area contributed by atoms with Crippen LogP contribution in [-0.2, 0) is 4.74 Å². The standard InChI is InChI=1S/C14H26O2/c1-14(2,16-3)7-6-13(15)12-9-10-4-5-11(12)8-10/h10-13,15H,4-9H2,1-3H3. The molecule has 2 heteroatoms. The topological polar surface area (TPSA) is 29.5 Å². The Morgan fingerprint density at radius 3 is 2.56 bits per heavy atom. The predicted molar refractivity (Wildman–Crippen MR) is 65.3 cm³/mol. The maximum atomic E-state index is 10.3. The van der Waals surface area contributed by atoms with E-state index in [2.05, 4.69) is 13.8 Å². The van der Waals surface area contributed by atoms with E-state index in [9.17, 15) is 5.11 Å². The first-order valence-electron chi connectivity index (χ1n) is 6.75. The molecule has 94 valence electrons. The summed E-state index contributed by atoms with van der Waals surface area (Å²) in [6.45, 7) is 4.20. The molecule has 2 nitrogen and oxygen atoms in total. The Morgan fingerprint density at radius 2 is 2.06 bits per heavy atom. The van der Waals surface area contributed by atoms with E-state index in [-0.39, 0.29) is 11.7 Å². The van der Waals surface area contributed by atoms with E-state index in [1.165, 1.54) is 25.7 Å². The molecule has 2 rings (SSSR count). The molecule has 0 radical (unpaired) electrons. The fourth-order valence-corrected chi connectivity index (χ4v) is 3.58. The molecule has 4 unspecified atom stereocenters. The van der Waals surface area contributed by atoms with Gasteiger partial charge in [-0.05, 0) is 63.7 Å². The molecule has 0 aliphatic heterocycles. The minimum absolute atomic E-state index is 0.0847. The summed E-state index contributed by atoms with van der Waals surface area (Å²) in [5.74, 6) is 2.34. The first kappa shape index (κ1) is 12.4. The Bertz CT molecular complexity index is 237. The maximum Gasteiger partial charge on any atom is 0.0623 e. The second-order valence-corrected chi connectivity index (χ2v) is 6.41. The Hall–Kier alpha value is -0.0800. The molecule has 2 fully saturated rings. The zero-order chi connectivity index (χ0) is 11.8. The number of methoxy groups -OCH3 is 1. The van der Waals surface area contributed by atoms with Gasteiger partial charge in [-0.25, -0.2) is 0 Å². The lowest BCUT2D eigenvalue weighted by atomic mass is 9.82. The summed E-state index contributed by atoms with van der Waals surface area (Å²) in [4.78, 5) is 0. The summed E-state index contributed by atoms with van der Waals surface area (Å²) >= 11 is 0. The van der Waals surface area contributed by atoms with E-state index in [0.29, 0.717) is 5.92 Å². The lowest BCUT2D eigenvalue weighted by Crippen LogP contribution is -2.30. The molecule has 0 spiro atoms. The molecule has 16 heavy (non-hydrogen) atoms. The minimum Gasteiger partial charge on any atom is -0.393 e. The van der Waals surface area contributed by atoms with E-state index in [1.807, 2.05) is 0 Å². The first-order chi connectivity index (χ1) is 7.52. The third-order valence-electron chi connectivity index (χ3n) is 4.88. The first-order valence-corrected chi connectivity index (χ1v) is 6.75. The molecule has 2 saturated carbocycles. The molecule has 0 aromatic carbocycles. The fraction of sp³-hybridized carbons (Fsp3) is 1.00. The molecule has 0 amide bonds. The molecular weight excluding hydrogens is 200 g/mol. The van der Waals surface area contributed by atoms with Crippen molar-refractivity contribution in [2.75, 3.05) is 7.11 Å². The van der Waals surface area contributed by atoms with Crippen LogP contribution in [0.5, 0.6) is 0 Å². The predicted octanol–water partition coefficient (Wildman–Crippen LogP) is 2.99. The third-order valence-corrected chi connectivity index (χ3v) is 4.88. The van der Waals surface area contributed by atoms with Crippen LogP contribution >= 0.6 is 0 Å². The molecule has 2 aliphatic rings. The van der Waals surface area contributed by atoms with Gasteiger partial charge in [-0.15, -0.1) is 0 Å². The Morgan fingerprint density at radius 1 is 1.31 bits per heavy atom. The van der Waals surface area contributed by atoms with Gasteiger partial charge in [0.2, 0.25) is 0 Å². The van der Waals surface area contributed by atoms with Crippen LogP contribution < -0.4 is 0 Å². The van der Waals surface area contributed by atoms with Gasteiger partial charge in [0.25, 0.3) is 0 Å². The second-order valence-electron chi connectivity index (χ2n) is 6.41. The van der Waals surface area contributed by atoms with Crippen LogP contribution in [0.3, 0.4) is 0 Å². The molecule has 1 N–H and O–H groups in total. The van der Waals surface area contributed by atoms with E-state index >= 15 is 0 Å². The monoisotopic (exact) mass is 226 g/mol. The van der Waals surface area contributed by atoms with Gasteiger partial charge in [0.15, 0.2) is 0 Å². The van der Waals surface area contributed by atoms with Crippen molar-refractivity contribution < 1.29 is 9.84 Å². The number of hydrogen-bond acceptors (Lipinski definition) is 2. The van der Waals surface area contributed by atoms with Gasteiger partial charge in [-0.2, -0.15) is 0 Å². The van der Waals surface area contributed by atoms with Gasteiger partial charge in [0.1, 0.15) is 0 Å². The Kier molecular flexibility index (Phi) is 3.60. The molecule has 2 aliphatic carbocycles. The van der Waals surface area contributed by atoms with Gasteiger partial charge < -0.3 is 9.84 Å². The number of hydrogen-bond donors (Lipinski definition) is 1. The summed E-state index contributed by atoms with van der Waals surface area (Å²) in [5.41, 5.74) is -0.0847. The van der Waals surface area contributed by atoms with Crippen LogP contribution in [0, 0.1) is 17.8 Å². The van der Waals surface area contributed by atoms with Crippen molar-refractivity contribution >= 4 is 0 Å². The largest absolute Gasteiger partial charge is 0.393 e. The highest BCUT2D eigenvalue weighted by Gasteiger charge is 2.42. The fourth-order valence-electron chi connectivity index (χ4n) is 3.58. The van der Waals surface area contributed by atoms with Crippen molar-refractivity contribution in [3.8, 4) is 0 Å². The van der Waals surface area contributed by atoms with Gasteiger partial charge in [-0.1, -0.05) is 6.42 Å². The molecule has 0 saturated heterocycles. The molecule has 0 aromatic rings. The van der Waals surface area contributed by atoms with Crippen LogP contribution in [0.1, 0.15) is 52.4 Å². The van der Waals surface area contributed by atoms with Crippen molar-refractivity contribution in [3.63, 3.8) is 0 Å². The lowest BCUT2D eigenvalue weighted by molar-refractivity contribution is -0.00904. The molecule has 2 bridgehead atoms. The van der Waals surface area contributed by atoms with Crippen molar-refractivity contribution in [2.24, 2.45) is 17.8 Å². The highest BCUT2D eigenvalue weighted by atomic mass is 16.5. The quantitative estimate of drug-likeness (QED) is 0.781. The SMILES string of the molecule is COC(C)(C)CCC(O)C1CC2CCC1C2. The normalized spacial score (nSPS) is 35.6. The van der Waals surface area contributed by atoms with Gasteiger partial charge in [-0.3, -0.25) is 0 Å². The highest BCUT2D eigenvalue weighted by molar-refractivity contribution is 4.93. The zero-order valence-corrected chi connectivity index (χ0v) is 10.9. The van der Waals surface area contributed by atoms with E-state index in [1.54, 1.807) is 7.11 Å². The number of aliphatic hydroxyl groups excluding tert-OH is 1. The number of aliphatic hydroxyl groups is 1. The smallest absolute Gasteiger partial charge is 0.0623 e. The molecule has 0 aromatic heterocycles. The van der Waals surface area contributed by atoms with Crippen LogP contribution in [0.25, 0.3) is 0 Å². The Labute approximate surface area is 99.4 Å². The van der Waals surface area contributed by atoms with E-state index < -0.39 is 0 Å². The Balaban J connectivity index is 1.78. The molecule has 0 heterocycles. The van der Waals surface area contributed by atoms with Crippen LogP contribution in [-0.4, -0.2) is 23.9 Å². The summed E-state index contributed by atoms with van der Waals surface area (Å²) in [5, 5.41) is 10.3. The number of ether oxygens (including phenoxy) is 1. The average Bonchev–Trinajstić information content (AvgIpc) is 2.87. The van der Waals surface area contributed by atoms with Crippen molar-refractivity contribution in [1.82, 2.24) is 0 Å². The van der Waals surface area contributed by atoms with Gasteiger partial charge in [0.05, 0.1) is 11.7 Å². The summed E-state index contributed by atoms with van der Waals surface area (Å²) < 4.78 is 5.40. The van der Waals surface area contributed by atoms with Gasteiger partial charge in [0, 0.05) is 7.11 Å². The van der Waals surface area contributed by atoms with Gasteiger partial charge >= 0.3 is 0 Å². The summed E-state index contributed by atoms with van der Waals surface area (Å²) in [6.07, 6.45) is 7.20. The maximum absolute atomic E-state index is 10.3. The lowest BCUT2D eigenvalue weighted by Gasteiger charge is -2.30. The van der Waals surface area contributed by atoms with Crippen molar-refractivity contribution in [2.45, 2.75) is 64.1 Å². The van der Waals surface area contributed by atoms with E-state index in [4.69, 9.17) is 4.74 Å². The minimum atomic E-state index is -0.0928. The van der Waals surface area contributed by atoms with Crippen molar-refractivity contribution in [1.29, 1.82) is 0 Å². The number of fused-ring (bicyclic) bond motifs is 2. The van der Waals surface area contributed by atoms with Crippen LogP contribution in [0.2, 0.25) is 0 Å². The van der Waals surface area contributed by atoms with Crippen LogP contribution in [0.4, 0.5) is 0 Å². The zero-order valence-electron chi connectivity index (χ0n) is 10.9. The summed E-state index contributed by atoms with van der Waals surface area (Å²) in [6, 6.07) is 0. The molecular formula is C14H26O2.